The highest BCUT2D eigenvalue weighted by atomic mass is 19.1. The number of alkyl halides is 1. The number of nitrogens with zero attached hydrogens (tertiary/aromatic N) is 2. The van der Waals surface area contributed by atoms with Crippen LogP contribution in [0.2, 0.25) is 0 Å². The number of aryl methyl sites for hydroxylation is 1. The van der Waals surface area contributed by atoms with Gasteiger partial charge in [0.1, 0.15) is 17.9 Å². The molecule has 0 aromatic heterocycles. The maximum atomic E-state index is 13.3. The molecule has 0 radical (unpaired) electrons. The highest BCUT2D eigenvalue weighted by Crippen LogP contribution is 2.27. The molecule has 2 rings (SSSR count). The van der Waals surface area contributed by atoms with Gasteiger partial charge in [-0.15, -0.1) is 0 Å². The number of allylic oxidation sites excluding steroid dienone is 2. The van der Waals surface area contributed by atoms with Gasteiger partial charge in [-0.1, -0.05) is 19.9 Å². The summed E-state index contributed by atoms with van der Waals surface area (Å²) in [6.45, 7) is 12.2. The van der Waals surface area contributed by atoms with Crippen LogP contribution in [0.5, 0.6) is 0 Å². The molecular weight excluding hydrogens is 301 g/mol. The van der Waals surface area contributed by atoms with E-state index in [1.807, 2.05) is 27.7 Å². The number of piperidine rings is 1. The molecule has 1 saturated heterocycles. The minimum Gasteiger partial charge on any atom is -0.377 e. The molecule has 1 heterocycles. The fourth-order valence-corrected chi connectivity index (χ4v) is 2.85. The van der Waals surface area contributed by atoms with E-state index >= 15 is 0 Å². The van der Waals surface area contributed by atoms with Crippen molar-refractivity contribution in [1.29, 1.82) is 5.26 Å². The molecule has 1 N–H and O–H groups in total. The molecule has 0 spiro atoms. The van der Waals surface area contributed by atoms with Gasteiger partial charge in [0.15, 0.2) is 0 Å². The lowest BCUT2D eigenvalue weighted by Crippen LogP contribution is -2.34. The SMILES string of the molecule is CC.CCN/C(C#N)=C(\C)c1cc(C)cc(N2CCC(F)CC2)c1. The summed E-state index contributed by atoms with van der Waals surface area (Å²) in [6.07, 6.45) is 0.527. The Hall–Kier alpha value is -2.02. The van der Waals surface area contributed by atoms with Gasteiger partial charge in [-0.3, -0.25) is 0 Å². The average Bonchev–Trinajstić information content (AvgIpc) is 2.61. The van der Waals surface area contributed by atoms with Gasteiger partial charge < -0.3 is 10.2 Å². The van der Waals surface area contributed by atoms with Crippen molar-refractivity contribution in [2.24, 2.45) is 0 Å². The predicted molar refractivity (Wildman–Crippen MR) is 101 cm³/mol. The van der Waals surface area contributed by atoms with Crippen molar-refractivity contribution in [2.75, 3.05) is 24.5 Å². The van der Waals surface area contributed by atoms with Crippen LogP contribution >= 0.6 is 0 Å². The summed E-state index contributed by atoms with van der Waals surface area (Å²) in [7, 11) is 0. The van der Waals surface area contributed by atoms with Crippen molar-refractivity contribution in [3.05, 3.63) is 35.0 Å². The van der Waals surface area contributed by atoms with Crippen LogP contribution in [0.3, 0.4) is 0 Å². The van der Waals surface area contributed by atoms with E-state index in [-0.39, 0.29) is 0 Å². The van der Waals surface area contributed by atoms with E-state index in [0.29, 0.717) is 18.5 Å². The van der Waals surface area contributed by atoms with Crippen LogP contribution in [0.15, 0.2) is 23.9 Å². The number of rotatable bonds is 4. The molecule has 24 heavy (non-hydrogen) atoms. The van der Waals surface area contributed by atoms with Crippen LogP contribution in [0.25, 0.3) is 5.57 Å². The molecule has 1 aromatic carbocycles. The van der Waals surface area contributed by atoms with Gasteiger partial charge in [0.2, 0.25) is 0 Å². The fourth-order valence-electron chi connectivity index (χ4n) is 2.85. The van der Waals surface area contributed by atoms with Crippen LogP contribution in [0.1, 0.15) is 51.7 Å². The van der Waals surface area contributed by atoms with Gasteiger partial charge in [0.05, 0.1) is 0 Å². The zero-order valence-corrected chi connectivity index (χ0v) is 15.6. The van der Waals surface area contributed by atoms with Gasteiger partial charge in [0, 0.05) is 25.3 Å². The molecule has 0 unspecified atom stereocenters. The molecule has 3 nitrogen and oxygen atoms in total. The van der Waals surface area contributed by atoms with E-state index in [9.17, 15) is 9.65 Å². The van der Waals surface area contributed by atoms with Crippen molar-refractivity contribution in [3.63, 3.8) is 0 Å². The Morgan fingerprint density at radius 2 is 1.92 bits per heavy atom. The lowest BCUT2D eigenvalue weighted by atomic mass is 10.0. The maximum absolute atomic E-state index is 13.3. The van der Waals surface area contributed by atoms with E-state index in [1.54, 1.807) is 0 Å². The third-order valence-electron chi connectivity index (χ3n) is 4.13. The summed E-state index contributed by atoms with van der Waals surface area (Å²) in [5.74, 6) is 0. The minimum absolute atomic E-state index is 0.596. The highest BCUT2D eigenvalue weighted by Gasteiger charge is 2.19. The van der Waals surface area contributed by atoms with Crippen molar-refractivity contribution in [3.8, 4) is 6.07 Å². The largest absolute Gasteiger partial charge is 0.377 e. The number of nitriles is 1. The van der Waals surface area contributed by atoms with E-state index in [0.717, 1.165) is 42.0 Å². The Labute approximate surface area is 146 Å². The van der Waals surface area contributed by atoms with E-state index < -0.39 is 6.17 Å². The fraction of sp³-hybridized carbons (Fsp3) is 0.550. The van der Waals surface area contributed by atoms with Crippen LogP contribution in [-0.4, -0.2) is 25.8 Å². The number of anilines is 1. The number of hydrogen-bond donors (Lipinski definition) is 1. The lowest BCUT2D eigenvalue weighted by Gasteiger charge is -2.31. The van der Waals surface area contributed by atoms with E-state index in [2.05, 4.69) is 41.4 Å². The van der Waals surface area contributed by atoms with Gasteiger partial charge >= 0.3 is 0 Å². The van der Waals surface area contributed by atoms with Gasteiger partial charge in [-0.25, -0.2) is 4.39 Å². The maximum Gasteiger partial charge on any atom is 0.117 e. The van der Waals surface area contributed by atoms with E-state index in [4.69, 9.17) is 0 Å². The molecule has 132 valence electrons. The van der Waals surface area contributed by atoms with E-state index in [1.165, 1.54) is 0 Å². The molecule has 1 fully saturated rings. The van der Waals surface area contributed by atoms with Gasteiger partial charge in [-0.05, 0) is 62.4 Å². The highest BCUT2D eigenvalue weighted by molar-refractivity contribution is 5.73. The normalized spacial score (nSPS) is 15.8. The molecule has 1 aliphatic rings. The van der Waals surface area contributed by atoms with Gasteiger partial charge in [-0.2, -0.15) is 5.26 Å². The summed E-state index contributed by atoms with van der Waals surface area (Å²) in [6, 6.07) is 8.56. The number of nitrogens with one attached hydrogen (secondary N) is 1. The smallest absolute Gasteiger partial charge is 0.117 e. The Bertz CT molecular complexity index is 593. The molecule has 0 saturated carbocycles. The Morgan fingerprint density at radius 1 is 1.29 bits per heavy atom. The first-order valence-electron chi connectivity index (χ1n) is 8.91. The summed E-state index contributed by atoms with van der Waals surface area (Å²) >= 11 is 0. The first-order valence-corrected chi connectivity index (χ1v) is 8.91. The Kier molecular flexibility index (Phi) is 8.32. The second-order valence-electron chi connectivity index (χ2n) is 5.86. The third-order valence-corrected chi connectivity index (χ3v) is 4.13. The monoisotopic (exact) mass is 331 g/mol. The second kappa shape index (κ2) is 9.97. The average molecular weight is 331 g/mol. The molecule has 1 aliphatic heterocycles. The van der Waals surface area contributed by atoms with Crippen molar-refractivity contribution in [2.45, 2.75) is 53.6 Å². The van der Waals surface area contributed by atoms with Crippen molar-refractivity contribution >= 4 is 11.3 Å². The topological polar surface area (TPSA) is 39.1 Å². The quantitative estimate of drug-likeness (QED) is 0.804. The second-order valence-corrected chi connectivity index (χ2v) is 5.86. The third kappa shape index (κ3) is 5.26. The number of hydrogen-bond acceptors (Lipinski definition) is 3. The molecule has 0 bridgehead atoms. The summed E-state index contributed by atoms with van der Waals surface area (Å²) < 4.78 is 13.3. The minimum atomic E-state index is -0.666. The molecule has 1 aromatic rings. The Balaban J connectivity index is 0.00000139. The molecule has 0 atom stereocenters. The number of benzene rings is 1. The predicted octanol–water partition coefficient (Wildman–Crippen LogP) is 4.82. The van der Waals surface area contributed by atoms with Gasteiger partial charge in [0.25, 0.3) is 0 Å². The first-order chi connectivity index (χ1) is 11.5. The zero-order valence-electron chi connectivity index (χ0n) is 15.6. The molecule has 0 aliphatic carbocycles. The Morgan fingerprint density at radius 3 is 2.46 bits per heavy atom. The van der Waals surface area contributed by atoms with Crippen LogP contribution < -0.4 is 10.2 Å². The van der Waals surface area contributed by atoms with Crippen LogP contribution in [-0.2, 0) is 0 Å². The summed E-state index contributed by atoms with van der Waals surface area (Å²) in [4.78, 5) is 2.24. The molecular formula is C20H30FN3. The lowest BCUT2D eigenvalue weighted by molar-refractivity contribution is 0.277. The van der Waals surface area contributed by atoms with Crippen molar-refractivity contribution in [1.82, 2.24) is 5.32 Å². The molecule has 0 amide bonds. The summed E-state index contributed by atoms with van der Waals surface area (Å²) in [5.41, 5.74) is 4.89. The standard InChI is InChI=1S/C18H24FN3.C2H6/c1-4-21-18(12-20)14(3)15-9-13(2)10-17(11-15)22-7-5-16(19)6-8-22;1-2/h9-11,16,21H,4-8H2,1-3H3;1-2H3/b18-14+;. The van der Waals surface area contributed by atoms with Crippen LogP contribution in [0.4, 0.5) is 10.1 Å². The first kappa shape index (κ1) is 20.0. The molecule has 4 heteroatoms. The number of halogens is 1. The zero-order chi connectivity index (χ0) is 18.1. The van der Waals surface area contributed by atoms with Crippen molar-refractivity contribution < 1.29 is 4.39 Å². The summed E-state index contributed by atoms with van der Waals surface area (Å²) in [5, 5.41) is 12.4. The van der Waals surface area contributed by atoms with Crippen LogP contribution in [0, 0.1) is 18.3 Å².